The molecular weight excluding hydrogens is 652 g/mol. The van der Waals surface area contributed by atoms with Crippen LogP contribution in [0.3, 0.4) is 0 Å². The van der Waals surface area contributed by atoms with Gasteiger partial charge in [0, 0.05) is 12.3 Å². The minimum Gasteiger partial charge on any atom is -0.393 e. The molecule has 10 heteroatoms. The summed E-state index contributed by atoms with van der Waals surface area (Å²) in [5, 5.41) is 64.6. The first-order chi connectivity index (χ1) is 23.7. The van der Waals surface area contributed by atoms with Crippen LogP contribution in [-0.4, -0.2) is 104 Å². The van der Waals surface area contributed by atoms with E-state index in [9.17, 15) is 30.6 Å². The number of allylic oxidation sites excluding steroid dienone is 2. The van der Waals surface area contributed by atoms with Crippen molar-refractivity contribution in [1.29, 1.82) is 0 Å². The van der Waals surface area contributed by atoms with Crippen LogP contribution in [0.1, 0.15) is 127 Å². The maximum atomic E-state index is 12.2. The Morgan fingerprint density at radius 3 is 2.20 bits per heavy atom. The maximum Gasteiger partial charge on any atom is 0.186 e. The van der Waals surface area contributed by atoms with Crippen LogP contribution >= 0.6 is 0 Å². The topological polar surface area (TPSA) is 158 Å². The van der Waals surface area contributed by atoms with Crippen LogP contribution in [0.25, 0.3) is 0 Å². The maximum absolute atomic E-state index is 12.2. The highest BCUT2D eigenvalue weighted by Gasteiger charge is 2.71. The van der Waals surface area contributed by atoms with Crippen molar-refractivity contribution < 1.29 is 49.6 Å². The molecule has 6 fully saturated rings. The Balaban J connectivity index is 1.25. The van der Waals surface area contributed by atoms with Gasteiger partial charge in [0.1, 0.15) is 24.4 Å². The Bertz CT molecular complexity index is 1270. The number of fused-ring (bicyclic) bond motifs is 5. The lowest BCUT2D eigenvalue weighted by atomic mass is 9.35. The van der Waals surface area contributed by atoms with Gasteiger partial charge in [0.05, 0.1) is 36.6 Å². The van der Waals surface area contributed by atoms with E-state index >= 15 is 0 Å². The first-order valence-electron chi connectivity index (χ1n) is 20.0. The molecule has 0 radical (unpaired) electrons. The quantitative estimate of drug-likeness (QED) is 0.151. The van der Waals surface area contributed by atoms with Gasteiger partial charge in [-0.15, -0.1) is 0 Å². The standard InChI is InChI=1S/C41H70O10/c1-22(2)11-10-16-41(9,51-35-26(43)19-25(42)23(3)49-35)32-24-12-13-30-38(6)17-15-31(50-36-34(47)33(46)28(45)21-48-36)37(4,5)29(38)14-18-39(30,7)40(24,8)20-27(32)44/h11,23-36,42-47H,10,12-21H2,1-9H3. The molecule has 0 aromatic rings. The Kier molecular flexibility index (Phi) is 11.1. The third-order valence-corrected chi connectivity index (χ3v) is 16.1. The molecule has 0 spiro atoms. The molecule has 0 aromatic heterocycles. The van der Waals surface area contributed by atoms with Gasteiger partial charge in [0.2, 0.25) is 0 Å². The predicted octanol–water partition coefficient (Wildman–Crippen LogP) is 4.84. The fourth-order valence-electron chi connectivity index (χ4n) is 13.1. The van der Waals surface area contributed by atoms with E-state index in [1.807, 2.05) is 6.92 Å². The van der Waals surface area contributed by atoms with E-state index in [4.69, 9.17) is 18.9 Å². The summed E-state index contributed by atoms with van der Waals surface area (Å²) in [5.41, 5.74) is 0.188. The third-order valence-electron chi connectivity index (χ3n) is 16.1. The van der Waals surface area contributed by atoms with Crippen molar-refractivity contribution in [2.24, 2.45) is 45.3 Å². The molecule has 10 nitrogen and oxygen atoms in total. The van der Waals surface area contributed by atoms with Crippen LogP contribution in [0.15, 0.2) is 11.6 Å². The summed E-state index contributed by atoms with van der Waals surface area (Å²) < 4.78 is 25.1. The summed E-state index contributed by atoms with van der Waals surface area (Å²) in [6.45, 7) is 20.1. The first kappa shape index (κ1) is 40.0. The van der Waals surface area contributed by atoms with Gasteiger partial charge in [-0.3, -0.25) is 0 Å². The van der Waals surface area contributed by atoms with Gasteiger partial charge in [0.15, 0.2) is 12.6 Å². The molecule has 4 aliphatic carbocycles. The van der Waals surface area contributed by atoms with E-state index < -0.39 is 60.9 Å². The van der Waals surface area contributed by atoms with Gasteiger partial charge in [-0.05, 0) is 125 Å². The van der Waals surface area contributed by atoms with Crippen LogP contribution < -0.4 is 0 Å². The number of aliphatic hydroxyl groups is 6. The normalized spacial score (nSPS) is 52.2. The Morgan fingerprint density at radius 1 is 0.804 bits per heavy atom. The van der Waals surface area contributed by atoms with Crippen LogP contribution in [0, 0.1) is 45.3 Å². The molecule has 2 heterocycles. The molecular formula is C41H70O10. The second kappa shape index (κ2) is 14.1. The van der Waals surface area contributed by atoms with Crippen molar-refractivity contribution in [1.82, 2.24) is 0 Å². The van der Waals surface area contributed by atoms with E-state index in [2.05, 4.69) is 61.5 Å². The van der Waals surface area contributed by atoms with Crippen molar-refractivity contribution in [3.05, 3.63) is 11.6 Å². The van der Waals surface area contributed by atoms with Gasteiger partial charge in [-0.25, -0.2) is 0 Å². The Labute approximate surface area is 306 Å². The number of hydrogen-bond acceptors (Lipinski definition) is 10. The molecule has 6 aliphatic rings. The van der Waals surface area contributed by atoms with Crippen molar-refractivity contribution in [2.75, 3.05) is 6.61 Å². The third kappa shape index (κ3) is 6.61. The highest BCUT2D eigenvalue weighted by Crippen LogP contribution is 2.76. The van der Waals surface area contributed by atoms with Crippen LogP contribution in [0.4, 0.5) is 0 Å². The van der Waals surface area contributed by atoms with E-state index in [1.54, 1.807) is 0 Å². The summed E-state index contributed by atoms with van der Waals surface area (Å²) in [6.07, 6.45) is 2.14. The fraction of sp³-hybridized carbons (Fsp3) is 0.951. The van der Waals surface area contributed by atoms with Gasteiger partial charge < -0.3 is 49.6 Å². The average molecular weight is 723 g/mol. The van der Waals surface area contributed by atoms with Crippen molar-refractivity contribution in [2.45, 2.75) is 194 Å². The minimum atomic E-state index is -1.30. The Hall–Kier alpha value is -0.660. The molecule has 4 saturated carbocycles. The van der Waals surface area contributed by atoms with Gasteiger partial charge in [-0.2, -0.15) is 0 Å². The smallest absolute Gasteiger partial charge is 0.186 e. The van der Waals surface area contributed by atoms with Gasteiger partial charge in [0.25, 0.3) is 0 Å². The molecule has 0 amide bonds. The predicted molar refractivity (Wildman–Crippen MR) is 192 cm³/mol. The SMILES string of the molecule is CC(C)=CCCC(C)(OC1OC(C)C(O)CC1O)C1C(O)CC2(C)C1CCC1C3(C)CCC(OC4OCC(O)C(O)C4O)C(C)(C)C3CCC12C. The number of ether oxygens (including phenoxy) is 4. The van der Waals surface area contributed by atoms with E-state index in [0.717, 1.165) is 44.9 Å². The molecule has 0 aromatic carbocycles. The largest absolute Gasteiger partial charge is 0.393 e. The summed E-state index contributed by atoms with van der Waals surface area (Å²) in [4.78, 5) is 0. The van der Waals surface area contributed by atoms with Crippen molar-refractivity contribution >= 4 is 0 Å². The Morgan fingerprint density at radius 2 is 1.51 bits per heavy atom. The lowest BCUT2D eigenvalue weighted by molar-refractivity contribution is -0.314. The number of hydrogen-bond donors (Lipinski definition) is 6. The lowest BCUT2D eigenvalue weighted by Crippen LogP contribution is -2.65. The molecule has 51 heavy (non-hydrogen) atoms. The average Bonchev–Trinajstić information content (AvgIpc) is 3.32. The van der Waals surface area contributed by atoms with E-state index in [1.165, 1.54) is 5.57 Å². The molecule has 18 atom stereocenters. The van der Waals surface area contributed by atoms with Gasteiger partial charge >= 0.3 is 0 Å². The molecule has 294 valence electrons. The number of aliphatic hydroxyl groups excluding tert-OH is 6. The van der Waals surface area contributed by atoms with E-state index in [-0.39, 0.29) is 52.6 Å². The van der Waals surface area contributed by atoms with Crippen LogP contribution in [0.2, 0.25) is 0 Å². The summed E-state index contributed by atoms with van der Waals surface area (Å²) in [6, 6.07) is 0. The number of rotatable bonds is 8. The highest BCUT2D eigenvalue weighted by atomic mass is 16.7. The monoisotopic (exact) mass is 722 g/mol. The van der Waals surface area contributed by atoms with Crippen LogP contribution in [0.5, 0.6) is 0 Å². The first-order valence-corrected chi connectivity index (χ1v) is 20.0. The van der Waals surface area contributed by atoms with Crippen molar-refractivity contribution in [3.8, 4) is 0 Å². The molecule has 2 aliphatic heterocycles. The molecule has 2 saturated heterocycles. The lowest BCUT2D eigenvalue weighted by Gasteiger charge is -2.70. The van der Waals surface area contributed by atoms with Crippen molar-refractivity contribution in [3.63, 3.8) is 0 Å². The minimum absolute atomic E-state index is 0.0100. The highest BCUT2D eigenvalue weighted by molar-refractivity contribution is 5.20. The van der Waals surface area contributed by atoms with Crippen LogP contribution in [-0.2, 0) is 18.9 Å². The molecule has 0 bridgehead atoms. The summed E-state index contributed by atoms with van der Waals surface area (Å²) >= 11 is 0. The zero-order valence-corrected chi connectivity index (χ0v) is 32.8. The summed E-state index contributed by atoms with van der Waals surface area (Å²) in [7, 11) is 0. The zero-order valence-electron chi connectivity index (χ0n) is 32.8. The molecule has 18 unspecified atom stereocenters. The summed E-state index contributed by atoms with van der Waals surface area (Å²) in [5.74, 6) is 0.924. The second-order valence-corrected chi connectivity index (χ2v) is 19.5. The molecule has 6 rings (SSSR count). The second-order valence-electron chi connectivity index (χ2n) is 19.5. The zero-order chi connectivity index (χ0) is 37.5. The van der Waals surface area contributed by atoms with Gasteiger partial charge in [-0.1, -0.05) is 46.3 Å². The fourth-order valence-corrected chi connectivity index (χ4v) is 13.1. The van der Waals surface area contributed by atoms with E-state index in [0.29, 0.717) is 24.7 Å². The molecule has 6 N–H and O–H groups in total.